The molecular formula is C16H23N3O2. The SMILES string of the molecule is CC1CCC(C(N)=O)CN1C(=O)Cc1ccc(CN)cc1. The van der Waals surface area contributed by atoms with Gasteiger partial charge in [-0.1, -0.05) is 24.3 Å². The first-order chi connectivity index (χ1) is 10.0. The Morgan fingerprint density at radius 1 is 1.19 bits per heavy atom. The maximum Gasteiger partial charge on any atom is 0.227 e. The summed E-state index contributed by atoms with van der Waals surface area (Å²) in [5.41, 5.74) is 12.9. The molecule has 1 aromatic carbocycles. The van der Waals surface area contributed by atoms with Gasteiger partial charge in [-0.3, -0.25) is 9.59 Å². The number of carbonyl (C=O) groups excluding carboxylic acids is 2. The molecular weight excluding hydrogens is 266 g/mol. The highest BCUT2D eigenvalue weighted by Gasteiger charge is 2.31. The van der Waals surface area contributed by atoms with Crippen molar-refractivity contribution < 1.29 is 9.59 Å². The minimum atomic E-state index is -0.313. The minimum absolute atomic E-state index is 0.0500. The molecule has 0 aliphatic carbocycles. The molecule has 0 radical (unpaired) electrons. The van der Waals surface area contributed by atoms with E-state index in [2.05, 4.69) is 0 Å². The highest BCUT2D eigenvalue weighted by atomic mass is 16.2. The first-order valence-corrected chi connectivity index (χ1v) is 7.38. The van der Waals surface area contributed by atoms with Gasteiger partial charge in [0.2, 0.25) is 11.8 Å². The second-order valence-corrected chi connectivity index (χ2v) is 5.77. The molecule has 1 heterocycles. The summed E-state index contributed by atoms with van der Waals surface area (Å²) in [7, 11) is 0. The number of carbonyl (C=O) groups is 2. The molecule has 5 nitrogen and oxygen atoms in total. The van der Waals surface area contributed by atoms with Gasteiger partial charge in [0.15, 0.2) is 0 Å². The number of amides is 2. The molecule has 0 saturated carbocycles. The van der Waals surface area contributed by atoms with Crippen molar-refractivity contribution in [1.29, 1.82) is 0 Å². The predicted octanol–water partition coefficient (Wildman–Crippen LogP) is 0.800. The van der Waals surface area contributed by atoms with Gasteiger partial charge >= 0.3 is 0 Å². The van der Waals surface area contributed by atoms with Crippen LogP contribution in [0.3, 0.4) is 0 Å². The second-order valence-electron chi connectivity index (χ2n) is 5.77. The van der Waals surface area contributed by atoms with Gasteiger partial charge in [-0.2, -0.15) is 0 Å². The van der Waals surface area contributed by atoms with Crippen molar-refractivity contribution in [2.75, 3.05) is 6.54 Å². The average molecular weight is 289 g/mol. The molecule has 0 spiro atoms. The van der Waals surface area contributed by atoms with Crippen LogP contribution >= 0.6 is 0 Å². The van der Waals surface area contributed by atoms with E-state index in [4.69, 9.17) is 11.5 Å². The molecule has 1 aliphatic heterocycles. The summed E-state index contributed by atoms with van der Waals surface area (Å²) in [5.74, 6) is -0.481. The lowest BCUT2D eigenvalue weighted by Crippen LogP contribution is -2.49. The van der Waals surface area contributed by atoms with E-state index in [1.807, 2.05) is 31.2 Å². The van der Waals surface area contributed by atoms with E-state index in [1.54, 1.807) is 4.90 Å². The third-order valence-electron chi connectivity index (χ3n) is 4.22. The van der Waals surface area contributed by atoms with Crippen LogP contribution in [-0.4, -0.2) is 29.3 Å². The Morgan fingerprint density at radius 2 is 1.81 bits per heavy atom. The lowest BCUT2D eigenvalue weighted by atomic mass is 9.92. The second kappa shape index (κ2) is 6.72. The third-order valence-corrected chi connectivity index (χ3v) is 4.22. The summed E-state index contributed by atoms with van der Waals surface area (Å²) in [4.78, 5) is 25.6. The molecule has 4 N–H and O–H groups in total. The van der Waals surface area contributed by atoms with E-state index >= 15 is 0 Å². The van der Waals surface area contributed by atoms with Crippen LogP contribution in [0, 0.1) is 5.92 Å². The van der Waals surface area contributed by atoms with Crippen molar-refractivity contribution in [3.05, 3.63) is 35.4 Å². The van der Waals surface area contributed by atoms with Crippen molar-refractivity contribution in [3.8, 4) is 0 Å². The lowest BCUT2D eigenvalue weighted by molar-refractivity contribution is -0.136. The van der Waals surface area contributed by atoms with E-state index in [1.165, 1.54) is 0 Å². The third kappa shape index (κ3) is 3.82. The fourth-order valence-corrected chi connectivity index (χ4v) is 2.76. The summed E-state index contributed by atoms with van der Waals surface area (Å²) in [5, 5.41) is 0. The zero-order valence-electron chi connectivity index (χ0n) is 12.4. The van der Waals surface area contributed by atoms with E-state index in [0.717, 1.165) is 24.0 Å². The van der Waals surface area contributed by atoms with Gasteiger partial charge in [0.25, 0.3) is 0 Å². The molecule has 2 unspecified atom stereocenters. The van der Waals surface area contributed by atoms with Gasteiger partial charge in [0.05, 0.1) is 12.3 Å². The molecule has 21 heavy (non-hydrogen) atoms. The number of nitrogens with two attached hydrogens (primary N) is 2. The molecule has 114 valence electrons. The normalized spacial score (nSPS) is 22.1. The molecule has 1 aromatic rings. The maximum absolute atomic E-state index is 12.4. The Kier molecular flexibility index (Phi) is 4.96. The highest BCUT2D eigenvalue weighted by Crippen LogP contribution is 2.22. The maximum atomic E-state index is 12.4. The largest absolute Gasteiger partial charge is 0.369 e. The fraction of sp³-hybridized carbons (Fsp3) is 0.500. The smallest absolute Gasteiger partial charge is 0.227 e. The molecule has 0 aromatic heterocycles. The number of piperidine rings is 1. The molecule has 1 saturated heterocycles. The van der Waals surface area contributed by atoms with Gasteiger partial charge in [0, 0.05) is 19.1 Å². The standard InChI is InChI=1S/C16H23N3O2/c1-11-2-7-14(16(18)21)10-19(11)15(20)8-12-3-5-13(9-17)6-4-12/h3-6,11,14H,2,7-10,17H2,1H3,(H2,18,21). The monoisotopic (exact) mass is 289 g/mol. The minimum Gasteiger partial charge on any atom is -0.369 e. The summed E-state index contributed by atoms with van der Waals surface area (Å²) in [6, 6.07) is 7.90. The number of nitrogens with zero attached hydrogens (tertiary/aromatic N) is 1. The van der Waals surface area contributed by atoms with Gasteiger partial charge in [-0.15, -0.1) is 0 Å². The zero-order valence-corrected chi connectivity index (χ0v) is 12.4. The van der Waals surface area contributed by atoms with Crippen LogP contribution in [-0.2, 0) is 22.6 Å². The van der Waals surface area contributed by atoms with Crippen molar-refractivity contribution in [2.45, 2.75) is 38.8 Å². The Balaban J connectivity index is 2.01. The Labute approximate surface area is 125 Å². The summed E-state index contributed by atoms with van der Waals surface area (Å²) in [6.45, 7) is 2.96. The van der Waals surface area contributed by atoms with Crippen molar-refractivity contribution in [2.24, 2.45) is 17.4 Å². The van der Waals surface area contributed by atoms with Crippen molar-refractivity contribution in [3.63, 3.8) is 0 Å². The average Bonchev–Trinajstić information content (AvgIpc) is 2.48. The molecule has 0 bridgehead atoms. The van der Waals surface area contributed by atoms with Crippen LogP contribution in [0.5, 0.6) is 0 Å². The Morgan fingerprint density at radius 3 is 2.38 bits per heavy atom. The first-order valence-electron chi connectivity index (χ1n) is 7.38. The van der Waals surface area contributed by atoms with Crippen molar-refractivity contribution >= 4 is 11.8 Å². The van der Waals surface area contributed by atoms with Crippen LogP contribution in [0.15, 0.2) is 24.3 Å². The number of likely N-dealkylation sites (tertiary alicyclic amines) is 1. The first kappa shape index (κ1) is 15.5. The topological polar surface area (TPSA) is 89.4 Å². The molecule has 2 amide bonds. The summed E-state index contributed by atoms with van der Waals surface area (Å²) in [6.07, 6.45) is 1.94. The molecule has 2 atom stereocenters. The predicted molar refractivity (Wildman–Crippen MR) is 81.1 cm³/mol. The fourth-order valence-electron chi connectivity index (χ4n) is 2.76. The molecule has 2 rings (SSSR count). The van der Waals surface area contributed by atoms with Crippen LogP contribution in [0.2, 0.25) is 0 Å². The van der Waals surface area contributed by atoms with E-state index in [-0.39, 0.29) is 23.8 Å². The number of hydrogen-bond acceptors (Lipinski definition) is 3. The Bertz CT molecular complexity index is 513. The summed E-state index contributed by atoms with van der Waals surface area (Å²) < 4.78 is 0. The van der Waals surface area contributed by atoms with Gasteiger partial charge in [-0.25, -0.2) is 0 Å². The van der Waals surface area contributed by atoms with Gasteiger partial charge < -0.3 is 16.4 Å². The lowest BCUT2D eigenvalue weighted by Gasteiger charge is -2.37. The van der Waals surface area contributed by atoms with Crippen LogP contribution in [0.25, 0.3) is 0 Å². The van der Waals surface area contributed by atoms with Crippen LogP contribution < -0.4 is 11.5 Å². The molecule has 1 aliphatic rings. The number of hydrogen-bond donors (Lipinski definition) is 2. The van der Waals surface area contributed by atoms with E-state index in [9.17, 15) is 9.59 Å². The number of rotatable bonds is 4. The van der Waals surface area contributed by atoms with Gasteiger partial charge in [0.1, 0.15) is 0 Å². The Hall–Kier alpha value is -1.88. The summed E-state index contributed by atoms with van der Waals surface area (Å²) >= 11 is 0. The molecule has 5 heteroatoms. The quantitative estimate of drug-likeness (QED) is 0.859. The number of primary amides is 1. The highest BCUT2D eigenvalue weighted by molar-refractivity contribution is 5.81. The van der Waals surface area contributed by atoms with E-state index in [0.29, 0.717) is 19.5 Å². The van der Waals surface area contributed by atoms with Crippen LogP contribution in [0.1, 0.15) is 30.9 Å². The van der Waals surface area contributed by atoms with Gasteiger partial charge in [-0.05, 0) is 30.9 Å². The van der Waals surface area contributed by atoms with Crippen molar-refractivity contribution in [1.82, 2.24) is 4.90 Å². The number of benzene rings is 1. The molecule has 1 fully saturated rings. The van der Waals surface area contributed by atoms with E-state index < -0.39 is 0 Å². The van der Waals surface area contributed by atoms with Crippen LogP contribution in [0.4, 0.5) is 0 Å². The zero-order chi connectivity index (χ0) is 15.4.